The van der Waals surface area contributed by atoms with E-state index in [0.29, 0.717) is 0 Å². The molecule has 0 spiro atoms. The molecule has 0 amide bonds. The van der Waals surface area contributed by atoms with Crippen LogP contribution in [-0.2, 0) is 4.74 Å². The molecule has 6 rings (SSSR count). The summed E-state index contributed by atoms with van der Waals surface area (Å²) in [7, 11) is 0. The van der Waals surface area contributed by atoms with Crippen LogP contribution in [0.4, 0.5) is 5.82 Å². The molecule has 0 radical (unpaired) electrons. The molecule has 5 aromatic rings. The van der Waals surface area contributed by atoms with Crippen LogP contribution in [0.5, 0.6) is 5.75 Å². The Kier molecular flexibility index (Phi) is 4.92. The van der Waals surface area contributed by atoms with Crippen molar-refractivity contribution in [3.05, 3.63) is 66.6 Å². The molecule has 8 nitrogen and oxygen atoms in total. The van der Waals surface area contributed by atoms with Crippen LogP contribution >= 0.6 is 0 Å². The monoisotopic (exact) mass is 440 g/mol. The maximum atomic E-state index is 6.33. The number of rotatable bonds is 5. The Bertz CT molecular complexity index is 1400. The fraction of sp³-hybridized carbons (Fsp3) is 0.240. The van der Waals surface area contributed by atoms with E-state index < -0.39 is 0 Å². The van der Waals surface area contributed by atoms with Crippen LogP contribution in [-0.4, -0.2) is 51.5 Å². The molecule has 1 aromatic carbocycles. The van der Waals surface area contributed by atoms with E-state index in [4.69, 9.17) is 9.47 Å². The number of aromatic nitrogens is 5. The van der Waals surface area contributed by atoms with Crippen molar-refractivity contribution in [3.8, 4) is 17.0 Å². The van der Waals surface area contributed by atoms with E-state index in [0.717, 1.165) is 76.6 Å². The predicted octanol–water partition coefficient (Wildman–Crippen LogP) is 4.48. The molecule has 0 unspecified atom stereocenters. The molecule has 0 bridgehead atoms. The second-order valence-corrected chi connectivity index (χ2v) is 8.18. The number of H-pyrrole nitrogens is 2. The van der Waals surface area contributed by atoms with Crippen LogP contribution in [0.25, 0.3) is 33.2 Å². The summed E-state index contributed by atoms with van der Waals surface area (Å²) in [5.74, 6) is 1.75. The Morgan fingerprint density at radius 3 is 2.79 bits per heavy atom. The zero-order valence-corrected chi connectivity index (χ0v) is 18.3. The van der Waals surface area contributed by atoms with Gasteiger partial charge in [-0.3, -0.25) is 5.10 Å². The van der Waals surface area contributed by atoms with Gasteiger partial charge in [-0.25, -0.2) is 9.97 Å². The third-order valence-electron chi connectivity index (χ3n) is 6.14. The number of nitrogens with zero attached hydrogens (tertiary/aromatic N) is 4. The number of morpholine rings is 1. The van der Waals surface area contributed by atoms with Gasteiger partial charge in [-0.2, -0.15) is 5.10 Å². The maximum Gasteiger partial charge on any atom is 0.137 e. The van der Waals surface area contributed by atoms with Crippen LogP contribution in [0.1, 0.15) is 18.6 Å². The van der Waals surface area contributed by atoms with Gasteiger partial charge in [0.15, 0.2) is 0 Å². The second kappa shape index (κ2) is 8.22. The lowest BCUT2D eigenvalue weighted by Crippen LogP contribution is -2.36. The van der Waals surface area contributed by atoms with E-state index in [2.05, 4.69) is 49.1 Å². The van der Waals surface area contributed by atoms with E-state index >= 15 is 0 Å². The van der Waals surface area contributed by atoms with E-state index in [1.807, 2.05) is 42.7 Å². The third kappa shape index (κ3) is 3.68. The van der Waals surface area contributed by atoms with Gasteiger partial charge in [0.05, 0.1) is 18.7 Å². The largest absolute Gasteiger partial charge is 0.486 e. The van der Waals surface area contributed by atoms with Gasteiger partial charge >= 0.3 is 0 Å². The van der Waals surface area contributed by atoms with Crippen LogP contribution < -0.4 is 9.64 Å². The Balaban J connectivity index is 1.28. The molecule has 1 fully saturated rings. The third-order valence-corrected chi connectivity index (χ3v) is 6.14. The highest BCUT2D eigenvalue weighted by molar-refractivity contribution is 5.93. The van der Waals surface area contributed by atoms with Gasteiger partial charge < -0.3 is 19.4 Å². The molecule has 4 aromatic heterocycles. The summed E-state index contributed by atoms with van der Waals surface area (Å²) >= 11 is 0. The molecule has 0 saturated carbocycles. The molecule has 1 atom stereocenters. The summed E-state index contributed by atoms with van der Waals surface area (Å²) in [4.78, 5) is 14.4. The van der Waals surface area contributed by atoms with Gasteiger partial charge in [-0.15, -0.1) is 0 Å². The Morgan fingerprint density at radius 2 is 1.94 bits per heavy atom. The number of pyridine rings is 2. The van der Waals surface area contributed by atoms with E-state index in [1.54, 1.807) is 6.20 Å². The summed E-state index contributed by atoms with van der Waals surface area (Å²) in [6.07, 6.45) is 5.46. The molecule has 1 saturated heterocycles. The number of nitrogens with one attached hydrogen (secondary N) is 2. The van der Waals surface area contributed by atoms with Gasteiger partial charge in [0.1, 0.15) is 29.0 Å². The molecular formula is C25H24N6O2. The number of hydrogen-bond acceptors (Lipinski definition) is 6. The number of aromatic amines is 2. The zero-order chi connectivity index (χ0) is 22.2. The first kappa shape index (κ1) is 19.8. The average Bonchev–Trinajstić information content (AvgIpc) is 3.51. The lowest BCUT2D eigenvalue weighted by Gasteiger charge is -2.27. The number of anilines is 1. The van der Waals surface area contributed by atoms with Crippen molar-refractivity contribution in [2.45, 2.75) is 13.0 Å². The quantitative estimate of drug-likeness (QED) is 0.419. The normalized spacial score (nSPS) is 15.2. The molecule has 5 heterocycles. The van der Waals surface area contributed by atoms with Gasteiger partial charge in [0.2, 0.25) is 0 Å². The lowest BCUT2D eigenvalue weighted by molar-refractivity contribution is 0.122. The SMILES string of the molecule is C[C@@H](Oc1ccc2[nH]nc(-c3ccc(N4CCOCC4)nc3)c2c1)c1ccnc2[nH]ccc12. The molecule has 1 aliphatic rings. The molecule has 8 heteroatoms. The number of hydrogen-bond donors (Lipinski definition) is 2. The first-order valence-electron chi connectivity index (χ1n) is 11.1. The Hall–Kier alpha value is -3.91. The molecule has 33 heavy (non-hydrogen) atoms. The summed E-state index contributed by atoms with van der Waals surface area (Å²) in [6, 6.07) is 14.2. The zero-order valence-electron chi connectivity index (χ0n) is 18.3. The molecule has 166 valence electrons. The summed E-state index contributed by atoms with van der Waals surface area (Å²) < 4.78 is 11.8. The summed E-state index contributed by atoms with van der Waals surface area (Å²) in [5, 5.41) is 9.75. The smallest absolute Gasteiger partial charge is 0.137 e. The molecular weight excluding hydrogens is 416 g/mol. The van der Waals surface area contributed by atoms with Crippen molar-refractivity contribution in [1.29, 1.82) is 0 Å². The highest BCUT2D eigenvalue weighted by Crippen LogP contribution is 2.32. The fourth-order valence-corrected chi connectivity index (χ4v) is 4.40. The topological polar surface area (TPSA) is 91.9 Å². The highest BCUT2D eigenvalue weighted by atomic mass is 16.5. The van der Waals surface area contributed by atoms with Crippen LogP contribution in [0, 0.1) is 0 Å². The first-order chi connectivity index (χ1) is 16.3. The van der Waals surface area contributed by atoms with Crippen LogP contribution in [0.3, 0.4) is 0 Å². The van der Waals surface area contributed by atoms with Crippen LogP contribution in [0.2, 0.25) is 0 Å². The molecule has 2 N–H and O–H groups in total. The number of benzene rings is 1. The van der Waals surface area contributed by atoms with E-state index in [-0.39, 0.29) is 6.10 Å². The van der Waals surface area contributed by atoms with Gasteiger partial charge in [-0.1, -0.05) is 0 Å². The predicted molar refractivity (Wildman–Crippen MR) is 127 cm³/mol. The van der Waals surface area contributed by atoms with Crippen molar-refractivity contribution in [1.82, 2.24) is 25.1 Å². The minimum Gasteiger partial charge on any atom is -0.486 e. The van der Waals surface area contributed by atoms with Crippen molar-refractivity contribution < 1.29 is 9.47 Å². The maximum absolute atomic E-state index is 6.33. The minimum absolute atomic E-state index is 0.131. The van der Waals surface area contributed by atoms with Crippen molar-refractivity contribution in [2.75, 3.05) is 31.2 Å². The van der Waals surface area contributed by atoms with Crippen molar-refractivity contribution in [3.63, 3.8) is 0 Å². The fourth-order valence-electron chi connectivity index (χ4n) is 4.40. The lowest BCUT2D eigenvalue weighted by atomic mass is 10.1. The van der Waals surface area contributed by atoms with Gasteiger partial charge in [0.25, 0.3) is 0 Å². The Morgan fingerprint density at radius 1 is 1.03 bits per heavy atom. The van der Waals surface area contributed by atoms with Gasteiger partial charge in [0, 0.05) is 53.6 Å². The Labute approximate surface area is 190 Å². The van der Waals surface area contributed by atoms with Gasteiger partial charge in [-0.05, 0) is 49.4 Å². The van der Waals surface area contributed by atoms with Crippen molar-refractivity contribution in [2.24, 2.45) is 0 Å². The minimum atomic E-state index is -0.131. The number of fused-ring (bicyclic) bond motifs is 2. The number of ether oxygens (including phenoxy) is 2. The second-order valence-electron chi connectivity index (χ2n) is 8.18. The summed E-state index contributed by atoms with van der Waals surface area (Å²) in [6.45, 7) is 5.26. The average molecular weight is 441 g/mol. The van der Waals surface area contributed by atoms with Crippen molar-refractivity contribution >= 4 is 27.8 Å². The van der Waals surface area contributed by atoms with E-state index in [1.165, 1.54) is 0 Å². The van der Waals surface area contributed by atoms with E-state index in [9.17, 15) is 0 Å². The first-order valence-corrected chi connectivity index (χ1v) is 11.1. The highest BCUT2D eigenvalue weighted by Gasteiger charge is 2.16. The van der Waals surface area contributed by atoms with Crippen LogP contribution in [0.15, 0.2) is 61.1 Å². The molecule has 0 aliphatic carbocycles. The molecule has 1 aliphatic heterocycles. The standard InChI is InChI=1S/C25H24N6O2/c1-16(19-6-8-26-25-20(19)7-9-27-25)33-18-3-4-22-21(14-18)24(30-29-22)17-2-5-23(28-15-17)31-10-12-32-13-11-31/h2-9,14-16H,10-13H2,1H3,(H,26,27)(H,29,30)/t16-/m1/s1. The summed E-state index contributed by atoms with van der Waals surface area (Å²) in [5.41, 5.74) is 4.74.